The second-order valence-corrected chi connectivity index (χ2v) is 6.58. The Balaban J connectivity index is 1.72. The van der Waals surface area contributed by atoms with E-state index in [1.807, 2.05) is 42.5 Å². The Morgan fingerprint density at radius 3 is 2.64 bits per heavy atom. The molecule has 6 heteroatoms. The van der Waals surface area contributed by atoms with E-state index in [2.05, 4.69) is 4.98 Å². The van der Waals surface area contributed by atoms with Gasteiger partial charge in [0.15, 0.2) is 16.6 Å². The third-order valence-electron chi connectivity index (χ3n) is 4.04. The van der Waals surface area contributed by atoms with Gasteiger partial charge in [0.1, 0.15) is 0 Å². The summed E-state index contributed by atoms with van der Waals surface area (Å²) in [5.41, 5.74) is 1.87. The Hall–Kier alpha value is -2.60. The van der Waals surface area contributed by atoms with Gasteiger partial charge in [-0.3, -0.25) is 9.69 Å². The Bertz CT molecular complexity index is 858. The Labute approximate surface area is 150 Å². The SMILES string of the molecule is COc1cccc(CCC(=O)N(C)c2nc3ccccc3s2)c1OC. The van der Waals surface area contributed by atoms with Crippen molar-refractivity contribution in [1.29, 1.82) is 0 Å². The zero-order chi connectivity index (χ0) is 17.8. The first-order valence-electron chi connectivity index (χ1n) is 7.96. The molecule has 0 bridgehead atoms. The molecule has 0 saturated carbocycles. The maximum atomic E-state index is 12.6. The molecule has 0 aliphatic heterocycles. The molecule has 0 aliphatic carbocycles. The van der Waals surface area contributed by atoms with Gasteiger partial charge in [-0.15, -0.1) is 0 Å². The summed E-state index contributed by atoms with van der Waals surface area (Å²) in [5.74, 6) is 1.37. The molecular formula is C19H20N2O3S. The molecule has 3 rings (SSSR count). The number of nitrogens with zero attached hydrogens (tertiary/aromatic N) is 2. The van der Waals surface area contributed by atoms with Gasteiger partial charge in [-0.05, 0) is 30.2 Å². The number of para-hydroxylation sites is 2. The van der Waals surface area contributed by atoms with Crippen LogP contribution in [-0.4, -0.2) is 32.2 Å². The van der Waals surface area contributed by atoms with Crippen molar-refractivity contribution in [3.63, 3.8) is 0 Å². The maximum Gasteiger partial charge on any atom is 0.228 e. The van der Waals surface area contributed by atoms with Gasteiger partial charge in [-0.2, -0.15) is 0 Å². The predicted molar refractivity (Wildman–Crippen MR) is 101 cm³/mol. The van der Waals surface area contributed by atoms with E-state index in [1.165, 1.54) is 11.3 Å². The molecule has 0 aliphatic rings. The molecule has 2 aromatic carbocycles. The van der Waals surface area contributed by atoms with Gasteiger partial charge in [0.25, 0.3) is 0 Å². The normalized spacial score (nSPS) is 10.7. The highest BCUT2D eigenvalue weighted by Crippen LogP contribution is 2.32. The maximum absolute atomic E-state index is 12.6. The molecular weight excluding hydrogens is 336 g/mol. The van der Waals surface area contributed by atoms with Gasteiger partial charge >= 0.3 is 0 Å². The van der Waals surface area contributed by atoms with E-state index in [-0.39, 0.29) is 5.91 Å². The molecule has 1 heterocycles. The van der Waals surface area contributed by atoms with Gasteiger partial charge in [0, 0.05) is 13.5 Å². The lowest BCUT2D eigenvalue weighted by atomic mass is 10.1. The Morgan fingerprint density at radius 1 is 1.12 bits per heavy atom. The smallest absolute Gasteiger partial charge is 0.228 e. The minimum Gasteiger partial charge on any atom is -0.493 e. The van der Waals surface area contributed by atoms with E-state index in [0.717, 1.165) is 15.8 Å². The van der Waals surface area contributed by atoms with Crippen LogP contribution >= 0.6 is 11.3 Å². The second kappa shape index (κ2) is 7.53. The standard InChI is InChI=1S/C19H20N2O3S/c1-21(19-20-14-8-4-5-10-16(14)25-19)17(22)12-11-13-7-6-9-15(23-2)18(13)24-3/h4-10H,11-12H2,1-3H3. The number of hydrogen-bond donors (Lipinski definition) is 0. The van der Waals surface area contributed by atoms with Crippen molar-refractivity contribution < 1.29 is 14.3 Å². The fourth-order valence-corrected chi connectivity index (χ4v) is 3.61. The summed E-state index contributed by atoms with van der Waals surface area (Å²) in [5, 5.41) is 0.712. The van der Waals surface area contributed by atoms with Crippen LogP contribution < -0.4 is 14.4 Å². The molecule has 1 aromatic heterocycles. The molecule has 130 valence electrons. The fourth-order valence-electron chi connectivity index (χ4n) is 2.67. The van der Waals surface area contributed by atoms with Gasteiger partial charge in [-0.1, -0.05) is 35.6 Å². The van der Waals surface area contributed by atoms with Crippen LogP contribution in [0.3, 0.4) is 0 Å². The largest absolute Gasteiger partial charge is 0.493 e. The van der Waals surface area contributed by atoms with E-state index >= 15 is 0 Å². The number of anilines is 1. The number of benzene rings is 2. The van der Waals surface area contributed by atoms with Crippen molar-refractivity contribution in [2.45, 2.75) is 12.8 Å². The summed E-state index contributed by atoms with van der Waals surface area (Å²) in [7, 11) is 4.98. The molecule has 0 spiro atoms. The number of carbonyl (C=O) groups is 1. The average molecular weight is 356 g/mol. The summed E-state index contributed by atoms with van der Waals surface area (Å²) in [6.07, 6.45) is 0.949. The molecule has 3 aromatic rings. The minimum absolute atomic E-state index is 0.0175. The molecule has 0 atom stereocenters. The third kappa shape index (κ3) is 3.58. The number of carbonyl (C=O) groups excluding carboxylic acids is 1. The van der Waals surface area contributed by atoms with E-state index in [1.54, 1.807) is 26.2 Å². The summed E-state index contributed by atoms with van der Waals surface area (Å²) in [4.78, 5) is 18.7. The van der Waals surface area contributed by atoms with E-state index in [4.69, 9.17) is 9.47 Å². The molecule has 0 saturated heterocycles. The number of rotatable bonds is 6. The van der Waals surface area contributed by atoms with E-state index in [9.17, 15) is 4.79 Å². The van der Waals surface area contributed by atoms with Gasteiger partial charge in [0.05, 0.1) is 24.4 Å². The fraction of sp³-hybridized carbons (Fsp3) is 0.263. The van der Waals surface area contributed by atoms with Crippen molar-refractivity contribution in [1.82, 2.24) is 4.98 Å². The highest BCUT2D eigenvalue weighted by Gasteiger charge is 2.17. The minimum atomic E-state index is 0.0175. The molecule has 5 nitrogen and oxygen atoms in total. The molecule has 0 radical (unpaired) electrons. The topological polar surface area (TPSA) is 51.7 Å². The van der Waals surface area contributed by atoms with Crippen molar-refractivity contribution in [2.75, 3.05) is 26.2 Å². The lowest BCUT2D eigenvalue weighted by Crippen LogP contribution is -2.26. The monoisotopic (exact) mass is 356 g/mol. The zero-order valence-corrected chi connectivity index (χ0v) is 15.3. The van der Waals surface area contributed by atoms with Crippen LogP contribution in [0.15, 0.2) is 42.5 Å². The second-order valence-electron chi connectivity index (χ2n) is 5.57. The number of hydrogen-bond acceptors (Lipinski definition) is 5. The summed E-state index contributed by atoms with van der Waals surface area (Å²) < 4.78 is 11.8. The molecule has 0 fully saturated rings. The molecule has 0 N–H and O–H groups in total. The van der Waals surface area contributed by atoms with Gasteiger partial charge in [-0.25, -0.2) is 4.98 Å². The number of fused-ring (bicyclic) bond motifs is 1. The lowest BCUT2D eigenvalue weighted by Gasteiger charge is -2.15. The number of thiazole rings is 1. The summed E-state index contributed by atoms with van der Waals surface area (Å²) in [6, 6.07) is 13.6. The van der Waals surface area contributed by atoms with Gasteiger partial charge < -0.3 is 9.47 Å². The van der Waals surface area contributed by atoms with Crippen molar-refractivity contribution in [2.24, 2.45) is 0 Å². The highest BCUT2D eigenvalue weighted by atomic mass is 32.1. The first-order valence-corrected chi connectivity index (χ1v) is 8.77. The van der Waals surface area contributed by atoms with Crippen LogP contribution in [0.5, 0.6) is 11.5 Å². The zero-order valence-electron chi connectivity index (χ0n) is 14.5. The van der Waals surface area contributed by atoms with Crippen LogP contribution in [0, 0.1) is 0 Å². The van der Waals surface area contributed by atoms with E-state index in [0.29, 0.717) is 29.5 Å². The molecule has 0 unspecified atom stereocenters. The van der Waals surface area contributed by atoms with Crippen LogP contribution in [0.2, 0.25) is 0 Å². The predicted octanol–water partition coefficient (Wildman–Crippen LogP) is 3.91. The van der Waals surface area contributed by atoms with Crippen molar-refractivity contribution in [3.8, 4) is 11.5 Å². The molecule has 1 amide bonds. The summed E-state index contributed by atoms with van der Waals surface area (Å²) in [6.45, 7) is 0. The summed E-state index contributed by atoms with van der Waals surface area (Å²) >= 11 is 1.52. The third-order valence-corrected chi connectivity index (χ3v) is 5.15. The number of amides is 1. The van der Waals surface area contributed by atoms with Crippen molar-refractivity contribution in [3.05, 3.63) is 48.0 Å². The van der Waals surface area contributed by atoms with Gasteiger partial charge in [0.2, 0.25) is 5.91 Å². The molecule has 25 heavy (non-hydrogen) atoms. The first kappa shape index (κ1) is 17.2. The Morgan fingerprint density at radius 2 is 1.92 bits per heavy atom. The quantitative estimate of drug-likeness (QED) is 0.672. The van der Waals surface area contributed by atoms with Crippen molar-refractivity contribution >= 4 is 32.6 Å². The van der Waals surface area contributed by atoms with Crippen LogP contribution in [0.25, 0.3) is 10.2 Å². The highest BCUT2D eigenvalue weighted by molar-refractivity contribution is 7.22. The first-order chi connectivity index (χ1) is 12.1. The van der Waals surface area contributed by atoms with Crippen LogP contribution in [0.1, 0.15) is 12.0 Å². The number of aryl methyl sites for hydroxylation is 1. The number of ether oxygens (including phenoxy) is 2. The lowest BCUT2D eigenvalue weighted by molar-refractivity contribution is -0.118. The van der Waals surface area contributed by atoms with E-state index < -0.39 is 0 Å². The Kier molecular flexibility index (Phi) is 5.19. The van der Waals surface area contributed by atoms with Crippen LogP contribution in [0.4, 0.5) is 5.13 Å². The number of methoxy groups -OCH3 is 2. The number of aromatic nitrogens is 1. The van der Waals surface area contributed by atoms with Crippen LogP contribution in [-0.2, 0) is 11.2 Å². The average Bonchev–Trinajstić information content (AvgIpc) is 3.09.